The van der Waals surface area contributed by atoms with Gasteiger partial charge in [0.05, 0.1) is 0 Å². The zero-order valence-corrected chi connectivity index (χ0v) is 13.9. The summed E-state index contributed by atoms with van der Waals surface area (Å²) in [4.78, 5) is 14.8. The Labute approximate surface area is 139 Å². The molecule has 1 amide bonds. The molecule has 0 aromatic heterocycles. The number of anilines is 1. The highest BCUT2D eigenvalue weighted by Crippen LogP contribution is 2.21. The van der Waals surface area contributed by atoms with E-state index in [1.807, 2.05) is 59.5 Å². The summed E-state index contributed by atoms with van der Waals surface area (Å²) in [6, 6.07) is 17.7. The van der Waals surface area contributed by atoms with Gasteiger partial charge in [-0.2, -0.15) is 0 Å². The molecule has 2 atom stereocenters. The van der Waals surface area contributed by atoms with Crippen LogP contribution in [-0.4, -0.2) is 29.0 Å². The van der Waals surface area contributed by atoms with Crippen molar-refractivity contribution in [1.82, 2.24) is 5.32 Å². The number of amides is 1. The van der Waals surface area contributed by atoms with E-state index in [0.29, 0.717) is 19.5 Å². The first-order valence-corrected chi connectivity index (χ1v) is 9.20. The third-order valence-corrected chi connectivity index (χ3v) is 4.98. The fourth-order valence-corrected chi connectivity index (χ4v) is 3.28. The Balaban J connectivity index is 1.57. The minimum Gasteiger partial charge on any atom is -0.311 e. The molecule has 4 nitrogen and oxygen atoms in total. The molecule has 0 spiro atoms. The maximum absolute atomic E-state index is 12.2. The van der Waals surface area contributed by atoms with E-state index >= 15 is 0 Å². The second kappa shape index (κ2) is 7.06. The molecule has 23 heavy (non-hydrogen) atoms. The van der Waals surface area contributed by atoms with Crippen LogP contribution in [0.3, 0.4) is 0 Å². The fourth-order valence-electron chi connectivity index (χ4n) is 2.76. The maximum atomic E-state index is 12.2. The molecular weight excluding hydrogens is 308 g/mol. The Kier molecular flexibility index (Phi) is 4.88. The fraction of sp³-hybridized carbons (Fsp3) is 0.278. The number of hydrogen-bond acceptors (Lipinski definition) is 3. The van der Waals surface area contributed by atoms with Crippen molar-refractivity contribution in [2.24, 2.45) is 0 Å². The van der Waals surface area contributed by atoms with E-state index in [1.165, 1.54) is 0 Å². The van der Waals surface area contributed by atoms with Crippen LogP contribution in [0, 0.1) is 0 Å². The van der Waals surface area contributed by atoms with Crippen molar-refractivity contribution >= 4 is 22.4 Å². The van der Waals surface area contributed by atoms with Crippen molar-refractivity contribution in [2.75, 3.05) is 17.7 Å². The molecule has 5 heteroatoms. The van der Waals surface area contributed by atoms with E-state index in [2.05, 4.69) is 5.32 Å². The SMILES string of the molecule is C[S@](=O)c1ccc(CN[C@H]2CC(=O)N(c3ccccc3)C2)cc1. The lowest BCUT2D eigenvalue weighted by atomic mass is 10.2. The van der Waals surface area contributed by atoms with E-state index in [-0.39, 0.29) is 11.9 Å². The lowest BCUT2D eigenvalue weighted by Gasteiger charge is -2.17. The van der Waals surface area contributed by atoms with Crippen LogP contribution < -0.4 is 10.2 Å². The van der Waals surface area contributed by atoms with Gasteiger partial charge in [0.25, 0.3) is 0 Å². The Hall–Kier alpha value is -1.98. The van der Waals surface area contributed by atoms with Crippen LogP contribution in [0.4, 0.5) is 5.69 Å². The van der Waals surface area contributed by atoms with Crippen LogP contribution in [0.15, 0.2) is 59.5 Å². The normalized spacial score (nSPS) is 19.1. The molecule has 2 aromatic rings. The predicted octanol–water partition coefficient (Wildman–Crippen LogP) is 2.32. The van der Waals surface area contributed by atoms with Crippen molar-refractivity contribution in [2.45, 2.75) is 23.9 Å². The van der Waals surface area contributed by atoms with Crippen LogP contribution in [-0.2, 0) is 22.1 Å². The summed E-state index contributed by atoms with van der Waals surface area (Å²) in [5.41, 5.74) is 2.08. The molecule has 0 aliphatic carbocycles. The smallest absolute Gasteiger partial charge is 0.228 e. The number of rotatable bonds is 5. The Morgan fingerprint density at radius 1 is 1.13 bits per heavy atom. The molecule has 3 rings (SSSR count). The predicted molar refractivity (Wildman–Crippen MR) is 92.8 cm³/mol. The third kappa shape index (κ3) is 3.86. The Bertz CT molecular complexity index is 701. The molecule has 0 radical (unpaired) electrons. The van der Waals surface area contributed by atoms with Gasteiger partial charge in [0.15, 0.2) is 0 Å². The summed E-state index contributed by atoms with van der Waals surface area (Å²) in [7, 11) is -0.946. The molecule has 0 bridgehead atoms. The molecule has 1 fully saturated rings. The highest BCUT2D eigenvalue weighted by molar-refractivity contribution is 7.84. The summed E-state index contributed by atoms with van der Waals surface area (Å²) < 4.78 is 11.4. The number of nitrogens with one attached hydrogen (secondary N) is 1. The van der Waals surface area contributed by atoms with Gasteiger partial charge in [-0.3, -0.25) is 9.00 Å². The van der Waals surface area contributed by atoms with Gasteiger partial charge < -0.3 is 10.2 Å². The van der Waals surface area contributed by atoms with Gasteiger partial charge >= 0.3 is 0 Å². The van der Waals surface area contributed by atoms with E-state index < -0.39 is 10.8 Å². The van der Waals surface area contributed by atoms with Crippen molar-refractivity contribution in [1.29, 1.82) is 0 Å². The number of carbonyl (C=O) groups excluding carboxylic acids is 1. The standard InChI is InChI=1S/C18H20N2O2S/c1-23(22)17-9-7-14(8-10-17)12-19-15-11-18(21)20(13-15)16-5-3-2-4-6-16/h2-10,15,19H,11-13H2,1H3/t15-,23-/m0/s1. The summed E-state index contributed by atoms with van der Waals surface area (Å²) in [5.74, 6) is 0.158. The summed E-state index contributed by atoms with van der Waals surface area (Å²) in [6.07, 6.45) is 2.20. The highest BCUT2D eigenvalue weighted by atomic mass is 32.2. The van der Waals surface area contributed by atoms with Crippen LogP contribution in [0.2, 0.25) is 0 Å². The largest absolute Gasteiger partial charge is 0.311 e. The average molecular weight is 328 g/mol. The van der Waals surface area contributed by atoms with Gasteiger partial charge in [-0.25, -0.2) is 0 Å². The molecule has 1 aliphatic heterocycles. The van der Waals surface area contributed by atoms with Gasteiger partial charge in [-0.1, -0.05) is 30.3 Å². The van der Waals surface area contributed by atoms with Crippen molar-refractivity contribution in [3.63, 3.8) is 0 Å². The summed E-state index contributed by atoms with van der Waals surface area (Å²) in [6.45, 7) is 1.40. The van der Waals surface area contributed by atoms with Crippen molar-refractivity contribution < 1.29 is 9.00 Å². The van der Waals surface area contributed by atoms with E-state index in [0.717, 1.165) is 16.1 Å². The lowest BCUT2D eigenvalue weighted by molar-refractivity contribution is -0.117. The van der Waals surface area contributed by atoms with Gasteiger partial charge in [0.1, 0.15) is 0 Å². The number of hydrogen-bond donors (Lipinski definition) is 1. The second-order valence-corrected chi connectivity index (χ2v) is 7.10. The van der Waals surface area contributed by atoms with Crippen LogP contribution >= 0.6 is 0 Å². The number of nitrogens with zero attached hydrogens (tertiary/aromatic N) is 1. The van der Waals surface area contributed by atoms with E-state index in [4.69, 9.17) is 0 Å². The minimum atomic E-state index is -0.946. The average Bonchev–Trinajstić information content (AvgIpc) is 2.95. The monoisotopic (exact) mass is 328 g/mol. The number of benzene rings is 2. The molecule has 1 heterocycles. The zero-order chi connectivity index (χ0) is 16.2. The minimum absolute atomic E-state index is 0.155. The van der Waals surface area contributed by atoms with Crippen molar-refractivity contribution in [3.05, 3.63) is 60.2 Å². The van der Waals surface area contributed by atoms with Crippen LogP contribution in [0.25, 0.3) is 0 Å². The summed E-state index contributed by atoms with van der Waals surface area (Å²) in [5, 5.41) is 3.44. The number of carbonyl (C=O) groups is 1. The van der Waals surface area contributed by atoms with Gasteiger partial charge in [-0.05, 0) is 29.8 Å². The molecule has 1 N–H and O–H groups in total. The summed E-state index contributed by atoms with van der Waals surface area (Å²) >= 11 is 0. The van der Waals surface area contributed by atoms with E-state index in [1.54, 1.807) is 6.26 Å². The third-order valence-electron chi connectivity index (χ3n) is 4.04. The number of para-hydroxylation sites is 1. The zero-order valence-electron chi connectivity index (χ0n) is 13.1. The Morgan fingerprint density at radius 3 is 2.48 bits per heavy atom. The second-order valence-electron chi connectivity index (χ2n) is 5.72. The first-order valence-electron chi connectivity index (χ1n) is 7.64. The van der Waals surface area contributed by atoms with Crippen LogP contribution in [0.5, 0.6) is 0 Å². The topological polar surface area (TPSA) is 49.4 Å². The maximum Gasteiger partial charge on any atom is 0.228 e. The molecule has 120 valence electrons. The first-order chi connectivity index (χ1) is 11.1. The molecule has 0 unspecified atom stereocenters. The highest BCUT2D eigenvalue weighted by Gasteiger charge is 2.29. The van der Waals surface area contributed by atoms with Gasteiger partial charge in [-0.15, -0.1) is 0 Å². The lowest BCUT2D eigenvalue weighted by Crippen LogP contribution is -2.32. The molecule has 0 saturated carbocycles. The molecule has 1 aliphatic rings. The van der Waals surface area contributed by atoms with Gasteiger partial charge in [0, 0.05) is 53.2 Å². The van der Waals surface area contributed by atoms with Crippen LogP contribution in [0.1, 0.15) is 12.0 Å². The molecular formula is C18H20N2O2S. The molecule has 2 aromatic carbocycles. The molecule has 1 saturated heterocycles. The van der Waals surface area contributed by atoms with Crippen molar-refractivity contribution in [3.8, 4) is 0 Å². The quantitative estimate of drug-likeness (QED) is 0.916. The van der Waals surface area contributed by atoms with E-state index in [9.17, 15) is 9.00 Å². The Morgan fingerprint density at radius 2 is 1.83 bits per heavy atom. The van der Waals surface area contributed by atoms with Gasteiger partial charge in [0.2, 0.25) is 5.91 Å². The first kappa shape index (κ1) is 15.9.